The van der Waals surface area contributed by atoms with Crippen LogP contribution in [0.1, 0.15) is 0 Å². The van der Waals surface area contributed by atoms with E-state index in [0.29, 0.717) is 0 Å². The molecule has 1 unspecified atom stereocenters. The van der Waals surface area contributed by atoms with Gasteiger partial charge in [-0.05, 0) is 0 Å². The molecule has 0 rings (SSSR count). The van der Waals surface area contributed by atoms with Crippen molar-refractivity contribution >= 4 is 5.97 Å². The standard InChI is InChI=1S/C8H4F14N2/c9-1(2(10)23)3(11,12)4(13,14)5(15,16)6(17,18)7(19,20)8(21,22)24/h1,23H,24H2. The van der Waals surface area contributed by atoms with Crippen LogP contribution in [0.5, 0.6) is 0 Å². The fraction of sp³-hybridized carbons (Fsp3) is 0.875. The molecule has 1 atom stereocenters. The summed E-state index contributed by atoms with van der Waals surface area (Å²) >= 11 is 0. The molecular weight excluding hydrogens is 390 g/mol. The van der Waals surface area contributed by atoms with Gasteiger partial charge >= 0.3 is 35.7 Å². The fourth-order valence-corrected chi connectivity index (χ4v) is 1.13. The van der Waals surface area contributed by atoms with Crippen LogP contribution in [0, 0.1) is 5.41 Å². The molecule has 0 fully saturated rings. The Balaban J connectivity index is 6.36. The highest BCUT2D eigenvalue weighted by atomic mass is 19.4. The Labute approximate surface area is 122 Å². The van der Waals surface area contributed by atoms with E-state index in [1.165, 1.54) is 0 Å². The van der Waals surface area contributed by atoms with E-state index in [1.54, 1.807) is 0 Å². The van der Waals surface area contributed by atoms with Crippen LogP contribution in [0.4, 0.5) is 61.5 Å². The zero-order chi connectivity index (χ0) is 20.2. The molecule has 0 aromatic heterocycles. The van der Waals surface area contributed by atoms with Gasteiger partial charge in [0.15, 0.2) is 0 Å². The van der Waals surface area contributed by atoms with Crippen molar-refractivity contribution in [2.24, 2.45) is 5.73 Å². The number of hydrogen-bond donors (Lipinski definition) is 2. The third kappa shape index (κ3) is 2.77. The van der Waals surface area contributed by atoms with Crippen molar-refractivity contribution in [3.8, 4) is 0 Å². The molecule has 0 saturated carbocycles. The molecule has 0 amide bonds. The first kappa shape index (κ1) is 22.6. The highest BCUT2D eigenvalue weighted by molar-refractivity contribution is 5.77. The lowest BCUT2D eigenvalue weighted by atomic mass is 9.91. The molecule has 24 heavy (non-hydrogen) atoms. The van der Waals surface area contributed by atoms with Crippen LogP contribution in [-0.2, 0) is 0 Å². The molecular formula is C8H4F14N2. The van der Waals surface area contributed by atoms with Gasteiger partial charge < -0.3 is 0 Å². The Morgan fingerprint density at radius 1 is 0.667 bits per heavy atom. The van der Waals surface area contributed by atoms with Gasteiger partial charge in [0.2, 0.25) is 12.1 Å². The smallest absolute Gasteiger partial charge is 0.275 e. The average molecular weight is 394 g/mol. The number of halogens is 14. The van der Waals surface area contributed by atoms with Crippen LogP contribution in [0.2, 0.25) is 0 Å². The van der Waals surface area contributed by atoms with E-state index in [0.717, 1.165) is 0 Å². The molecule has 0 aromatic carbocycles. The lowest BCUT2D eigenvalue weighted by molar-refractivity contribution is -0.426. The Hall–Kier alpha value is -1.35. The zero-order valence-electron chi connectivity index (χ0n) is 10.4. The highest BCUT2D eigenvalue weighted by Crippen LogP contribution is 2.59. The molecule has 0 aliphatic carbocycles. The average Bonchev–Trinajstić information content (AvgIpc) is 2.35. The summed E-state index contributed by atoms with van der Waals surface area (Å²) in [7, 11) is 0. The van der Waals surface area contributed by atoms with Gasteiger partial charge in [0.05, 0.1) is 0 Å². The number of alkyl halides is 13. The molecule has 0 aliphatic heterocycles. The molecule has 0 radical (unpaired) electrons. The Kier molecular flexibility index (Phi) is 5.27. The van der Waals surface area contributed by atoms with Crippen LogP contribution < -0.4 is 5.73 Å². The molecule has 0 bridgehead atoms. The first-order chi connectivity index (χ1) is 10.1. The number of rotatable bonds is 7. The number of nitrogens with two attached hydrogens (primary N) is 1. The fourth-order valence-electron chi connectivity index (χ4n) is 1.13. The SMILES string of the molecule is N=C(F)C(F)C(F)(F)C(F)(F)C(F)(F)C(F)(F)C(F)(F)C(N)(F)F. The summed E-state index contributed by atoms with van der Waals surface area (Å²) in [4.78, 5) is 0. The van der Waals surface area contributed by atoms with Gasteiger partial charge in [-0.15, -0.1) is 0 Å². The number of hydrogen-bond acceptors (Lipinski definition) is 2. The van der Waals surface area contributed by atoms with Gasteiger partial charge in [0.25, 0.3) is 0 Å². The van der Waals surface area contributed by atoms with Crippen LogP contribution >= 0.6 is 0 Å². The van der Waals surface area contributed by atoms with Gasteiger partial charge in [-0.2, -0.15) is 57.1 Å². The zero-order valence-corrected chi connectivity index (χ0v) is 10.4. The molecule has 0 spiro atoms. The van der Waals surface area contributed by atoms with Gasteiger partial charge in [-0.3, -0.25) is 11.1 Å². The lowest BCUT2D eigenvalue weighted by Crippen LogP contribution is -2.73. The van der Waals surface area contributed by atoms with Crippen molar-refractivity contribution in [1.82, 2.24) is 0 Å². The first-order valence-electron chi connectivity index (χ1n) is 5.04. The summed E-state index contributed by atoms with van der Waals surface area (Å²) in [5, 5.41) is 5.64. The quantitative estimate of drug-likeness (QED) is 0.383. The second kappa shape index (κ2) is 5.59. The second-order valence-electron chi connectivity index (χ2n) is 4.25. The van der Waals surface area contributed by atoms with Crippen molar-refractivity contribution in [1.29, 1.82) is 5.41 Å². The van der Waals surface area contributed by atoms with Gasteiger partial charge in [-0.1, -0.05) is 0 Å². The molecule has 0 aromatic rings. The van der Waals surface area contributed by atoms with Crippen molar-refractivity contribution in [3.63, 3.8) is 0 Å². The van der Waals surface area contributed by atoms with E-state index in [2.05, 4.69) is 5.73 Å². The molecule has 16 heteroatoms. The topological polar surface area (TPSA) is 49.9 Å². The monoisotopic (exact) mass is 394 g/mol. The van der Waals surface area contributed by atoms with E-state index in [4.69, 9.17) is 5.41 Å². The molecule has 0 saturated heterocycles. The van der Waals surface area contributed by atoms with E-state index in [1.807, 2.05) is 0 Å². The van der Waals surface area contributed by atoms with Crippen molar-refractivity contribution < 1.29 is 61.5 Å². The summed E-state index contributed by atoms with van der Waals surface area (Å²) in [5.41, 5.74) is 3.16. The summed E-state index contributed by atoms with van der Waals surface area (Å²) < 4.78 is 177. The van der Waals surface area contributed by atoms with Crippen molar-refractivity contribution in [2.45, 2.75) is 41.8 Å². The molecule has 0 heterocycles. The summed E-state index contributed by atoms with van der Waals surface area (Å²) in [6, 6.07) is -6.59. The van der Waals surface area contributed by atoms with Crippen molar-refractivity contribution in [2.75, 3.05) is 0 Å². The third-order valence-electron chi connectivity index (χ3n) is 2.56. The van der Waals surface area contributed by atoms with E-state index in [9.17, 15) is 61.5 Å². The summed E-state index contributed by atoms with van der Waals surface area (Å²) in [6.07, 6.45) is -5.26. The van der Waals surface area contributed by atoms with Crippen molar-refractivity contribution in [3.05, 3.63) is 0 Å². The van der Waals surface area contributed by atoms with Crippen LogP contribution in [-0.4, -0.2) is 47.8 Å². The maximum absolute atomic E-state index is 12.9. The predicted octanol–water partition coefficient (Wildman–Crippen LogP) is 4.00. The summed E-state index contributed by atoms with van der Waals surface area (Å²) in [6.45, 7) is 0. The van der Waals surface area contributed by atoms with Crippen LogP contribution in [0.25, 0.3) is 0 Å². The maximum Gasteiger partial charge on any atom is 0.392 e. The highest BCUT2D eigenvalue weighted by Gasteiger charge is 2.90. The first-order valence-corrected chi connectivity index (χ1v) is 5.04. The molecule has 2 nitrogen and oxygen atoms in total. The van der Waals surface area contributed by atoms with E-state index in [-0.39, 0.29) is 0 Å². The Bertz CT molecular complexity index is 491. The number of nitrogens with one attached hydrogen (secondary N) is 1. The minimum Gasteiger partial charge on any atom is -0.275 e. The van der Waals surface area contributed by atoms with Gasteiger partial charge in [0, 0.05) is 0 Å². The van der Waals surface area contributed by atoms with E-state index >= 15 is 0 Å². The third-order valence-corrected chi connectivity index (χ3v) is 2.56. The Morgan fingerprint density at radius 3 is 1.21 bits per heavy atom. The molecule has 0 aliphatic rings. The summed E-state index contributed by atoms with van der Waals surface area (Å²) in [5.74, 6) is -42.1. The lowest BCUT2D eigenvalue weighted by Gasteiger charge is -2.40. The van der Waals surface area contributed by atoms with Gasteiger partial charge in [-0.25, -0.2) is 4.39 Å². The van der Waals surface area contributed by atoms with Crippen LogP contribution in [0.3, 0.4) is 0 Å². The predicted molar refractivity (Wildman–Crippen MR) is 47.6 cm³/mol. The second-order valence-corrected chi connectivity index (χ2v) is 4.25. The van der Waals surface area contributed by atoms with E-state index < -0.39 is 47.8 Å². The Morgan fingerprint density at radius 2 is 0.958 bits per heavy atom. The van der Waals surface area contributed by atoms with Crippen LogP contribution in [0.15, 0.2) is 0 Å². The maximum atomic E-state index is 12.9. The largest absolute Gasteiger partial charge is 0.392 e. The minimum absolute atomic E-state index is 3.16. The minimum atomic E-state index is -8.05. The molecule has 144 valence electrons. The molecule has 3 N–H and O–H groups in total. The normalized spacial score (nSPS) is 17.0. The van der Waals surface area contributed by atoms with Gasteiger partial charge in [0.1, 0.15) is 0 Å².